The monoisotopic (exact) mass is 460 g/mol. The normalized spacial score (nSPS) is 11.5. The van der Waals surface area contributed by atoms with Gasteiger partial charge in [0.15, 0.2) is 0 Å². The number of benzene rings is 7. The Kier molecular flexibility index (Phi) is 4.75. The quantitative estimate of drug-likeness (QED) is 0.238. The molecule has 0 atom stereocenters. The van der Waals surface area contributed by atoms with Gasteiger partial charge in [0, 0.05) is 0 Å². The molecule has 0 aliphatic carbocycles. The summed E-state index contributed by atoms with van der Waals surface area (Å²) in [6.45, 7) is 0. The average molecular weight is 461 g/mol. The molecule has 36 heavy (non-hydrogen) atoms. The molecule has 7 aromatic carbocycles. The minimum atomic E-state index is 0.864. The Bertz CT molecular complexity index is 1920. The van der Waals surface area contributed by atoms with Gasteiger partial charge in [-0.25, -0.2) is 0 Å². The van der Waals surface area contributed by atoms with Gasteiger partial charge in [-0.05, 0) is 77.5 Å². The van der Waals surface area contributed by atoms with E-state index in [4.69, 9.17) is 4.74 Å². The van der Waals surface area contributed by atoms with E-state index in [2.05, 4.69) is 127 Å². The van der Waals surface area contributed by atoms with Crippen LogP contribution in [0.25, 0.3) is 65.3 Å². The number of rotatable bonds is 3. The van der Waals surface area contributed by atoms with Gasteiger partial charge in [-0.1, -0.05) is 115 Å². The Morgan fingerprint density at radius 1 is 0.389 bits per heavy atom. The largest absolute Gasteiger partial charge is 0.497 e. The Balaban J connectivity index is 1.72. The molecule has 170 valence electrons. The predicted molar refractivity (Wildman–Crippen MR) is 154 cm³/mol. The zero-order valence-electron chi connectivity index (χ0n) is 20.0. The van der Waals surface area contributed by atoms with Gasteiger partial charge in [0.1, 0.15) is 5.75 Å². The van der Waals surface area contributed by atoms with Crippen LogP contribution in [0.4, 0.5) is 0 Å². The van der Waals surface area contributed by atoms with Gasteiger partial charge in [0.05, 0.1) is 7.11 Å². The first-order valence-electron chi connectivity index (χ1n) is 12.3. The fourth-order valence-corrected chi connectivity index (χ4v) is 5.75. The maximum absolute atomic E-state index is 5.73. The first-order valence-corrected chi connectivity index (χ1v) is 12.3. The van der Waals surface area contributed by atoms with E-state index in [0.29, 0.717) is 0 Å². The van der Waals surface area contributed by atoms with E-state index in [1.165, 1.54) is 65.3 Å². The summed E-state index contributed by atoms with van der Waals surface area (Å²) >= 11 is 0. The Hall–Kier alpha value is -4.62. The van der Waals surface area contributed by atoms with Crippen molar-refractivity contribution in [3.8, 4) is 28.0 Å². The molecule has 0 aromatic heterocycles. The van der Waals surface area contributed by atoms with Crippen molar-refractivity contribution in [2.75, 3.05) is 7.11 Å². The average Bonchev–Trinajstić information content (AvgIpc) is 2.95. The molecule has 0 amide bonds. The number of hydrogen-bond donors (Lipinski definition) is 0. The number of hydrogen-bond acceptors (Lipinski definition) is 1. The lowest BCUT2D eigenvalue weighted by atomic mass is 9.83. The van der Waals surface area contributed by atoms with Crippen molar-refractivity contribution in [2.45, 2.75) is 0 Å². The highest BCUT2D eigenvalue weighted by molar-refractivity contribution is 6.25. The van der Waals surface area contributed by atoms with E-state index in [1.807, 2.05) is 0 Å². The molecule has 0 unspecified atom stereocenters. The predicted octanol–water partition coefficient (Wildman–Crippen LogP) is 9.64. The van der Waals surface area contributed by atoms with E-state index in [1.54, 1.807) is 7.11 Å². The van der Waals surface area contributed by atoms with E-state index in [0.717, 1.165) is 5.75 Å². The molecule has 0 aliphatic heterocycles. The number of ether oxygens (including phenoxy) is 1. The smallest absolute Gasteiger partial charge is 0.119 e. The van der Waals surface area contributed by atoms with Gasteiger partial charge in [-0.3, -0.25) is 0 Å². The molecular formula is C35H24O. The summed E-state index contributed by atoms with van der Waals surface area (Å²) < 4.78 is 5.73. The highest BCUT2D eigenvalue weighted by Crippen LogP contribution is 2.47. The highest BCUT2D eigenvalue weighted by atomic mass is 16.5. The van der Waals surface area contributed by atoms with E-state index in [9.17, 15) is 0 Å². The summed E-state index contributed by atoms with van der Waals surface area (Å²) in [4.78, 5) is 0. The third kappa shape index (κ3) is 3.10. The molecule has 0 saturated heterocycles. The third-order valence-corrected chi connectivity index (χ3v) is 7.35. The topological polar surface area (TPSA) is 9.23 Å². The van der Waals surface area contributed by atoms with Crippen LogP contribution in [0.2, 0.25) is 0 Å². The molecule has 0 spiro atoms. The summed E-state index contributed by atoms with van der Waals surface area (Å²) in [5.74, 6) is 0.864. The van der Waals surface area contributed by atoms with Crippen LogP contribution in [-0.4, -0.2) is 7.11 Å². The summed E-state index contributed by atoms with van der Waals surface area (Å²) in [6.07, 6.45) is 0. The van der Waals surface area contributed by atoms with Crippen LogP contribution in [0.15, 0.2) is 127 Å². The van der Waals surface area contributed by atoms with Crippen molar-refractivity contribution >= 4 is 43.1 Å². The lowest BCUT2D eigenvalue weighted by Crippen LogP contribution is -1.93. The van der Waals surface area contributed by atoms with Gasteiger partial charge in [-0.2, -0.15) is 0 Å². The van der Waals surface area contributed by atoms with Gasteiger partial charge in [0.2, 0.25) is 0 Å². The Morgan fingerprint density at radius 3 is 1.39 bits per heavy atom. The molecule has 7 aromatic rings. The minimum Gasteiger partial charge on any atom is -0.497 e. The molecule has 7 rings (SSSR count). The maximum Gasteiger partial charge on any atom is 0.119 e. The van der Waals surface area contributed by atoms with Crippen molar-refractivity contribution in [3.63, 3.8) is 0 Å². The Morgan fingerprint density at radius 2 is 0.833 bits per heavy atom. The second kappa shape index (κ2) is 8.25. The first-order chi connectivity index (χ1) is 17.8. The maximum atomic E-state index is 5.73. The van der Waals surface area contributed by atoms with Crippen LogP contribution in [0.3, 0.4) is 0 Å². The van der Waals surface area contributed by atoms with Crippen molar-refractivity contribution in [3.05, 3.63) is 127 Å². The van der Waals surface area contributed by atoms with Crippen molar-refractivity contribution < 1.29 is 4.74 Å². The molecule has 0 bridgehead atoms. The molecule has 0 fully saturated rings. The molecule has 0 heterocycles. The second-order valence-electron chi connectivity index (χ2n) is 9.26. The van der Waals surface area contributed by atoms with E-state index in [-0.39, 0.29) is 0 Å². The Labute approximate surface area is 210 Å². The zero-order chi connectivity index (χ0) is 24.1. The van der Waals surface area contributed by atoms with E-state index < -0.39 is 0 Å². The fraction of sp³-hybridized carbons (Fsp3) is 0.0286. The summed E-state index contributed by atoms with van der Waals surface area (Å²) in [5.41, 5.74) is 5.01. The van der Waals surface area contributed by atoms with Crippen LogP contribution in [-0.2, 0) is 0 Å². The highest BCUT2D eigenvalue weighted by Gasteiger charge is 2.19. The van der Waals surface area contributed by atoms with Crippen molar-refractivity contribution in [1.82, 2.24) is 0 Å². The van der Waals surface area contributed by atoms with Gasteiger partial charge in [0.25, 0.3) is 0 Å². The van der Waals surface area contributed by atoms with E-state index >= 15 is 0 Å². The fourth-order valence-electron chi connectivity index (χ4n) is 5.75. The van der Waals surface area contributed by atoms with Crippen LogP contribution in [0.5, 0.6) is 5.75 Å². The molecular weight excluding hydrogens is 436 g/mol. The molecule has 0 aliphatic rings. The van der Waals surface area contributed by atoms with Crippen LogP contribution >= 0.6 is 0 Å². The molecule has 0 radical (unpaired) electrons. The zero-order valence-corrected chi connectivity index (χ0v) is 20.0. The summed E-state index contributed by atoms with van der Waals surface area (Å²) in [5, 5.41) is 9.95. The van der Waals surface area contributed by atoms with Crippen molar-refractivity contribution in [1.29, 1.82) is 0 Å². The molecule has 1 heteroatoms. The molecule has 0 N–H and O–H groups in total. The standard InChI is InChI=1S/C35H24O/c1-36-25-20-21-32-33(22-25)35(29-19-9-13-24-11-3-5-15-27(24)29)31-17-7-6-16-30(31)34(32)28-18-8-12-23-10-2-4-14-26(23)28/h2-22H,1H3. The van der Waals surface area contributed by atoms with Gasteiger partial charge < -0.3 is 4.74 Å². The summed E-state index contributed by atoms with van der Waals surface area (Å²) in [7, 11) is 1.74. The number of methoxy groups -OCH3 is 1. The lowest BCUT2D eigenvalue weighted by molar-refractivity contribution is 0.415. The van der Waals surface area contributed by atoms with Crippen LogP contribution in [0, 0.1) is 0 Å². The summed E-state index contributed by atoms with van der Waals surface area (Å²) in [6, 6.07) is 45.9. The van der Waals surface area contributed by atoms with Gasteiger partial charge in [-0.15, -0.1) is 0 Å². The van der Waals surface area contributed by atoms with Crippen LogP contribution in [0.1, 0.15) is 0 Å². The SMILES string of the molecule is COc1ccc2c(-c3cccc4ccccc34)c3ccccc3c(-c3cccc4ccccc34)c2c1. The third-order valence-electron chi connectivity index (χ3n) is 7.35. The lowest BCUT2D eigenvalue weighted by Gasteiger charge is -2.20. The van der Waals surface area contributed by atoms with Crippen molar-refractivity contribution in [2.24, 2.45) is 0 Å². The second-order valence-corrected chi connectivity index (χ2v) is 9.26. The van der Waals surface area contributed by atoms with Crippen LogP contribution < -0.4 is 4.74 Å². The first kappa shape index (κ1) is 20.7. The number of fused-ring (bicyclic) bond motifs is 4. The minimum absolute atomic E-state index is 0.864. The molecule has 1 nitrogen and oxygen atoms in total. The molecule has 0 saturated carbocycles. The van der Waals surface area contributed by atoms with Gasteiger partial charge >= 0.3 is 0 Å².